The molecule has 3 rings (SSSR count). The lowest BCUT2D eigenvalue weighted by atomic mass is 9.97. The van der Waals surface area contributed by atoms with Crippen LogP contribution in [0.2, 0.25) is 0 Å². The molecule has 0 spiro atoms. The molecule has 0 aliphatic carbocycles. The summed E-state index contributed by atoms with van der Waals surface area (Å²) in [6.45, 7) is 1.34. The highest BCUT2D eigenvalue weighted by Gasteiger charge is 2.25. The topological polar surface area (TPSA) is 29.5 Å². The van der Waals surface area contributed by atoms with Crippen LogP contribution in [0.25, 0.3) is 11.1 Å². The monoisotopic (exact) mass is 313 g/mol. The zero-order valence-corrected chi connectivity index (χ0v) is 13.2. The Hall–Kier alpha value is -2.20. The van der Waals surface area contributed by atoms with Crippen molar-refractivity contribution in [2.45, 2.75) is 18.9 Å². The van der Waals surface area contributed by atoms with Gasteiger partial charge in [-0.3, -0.25) is 4.79 Å². The van der Waals surface area contributed by atoms with Gasteiger partial charge in [-0.2, -0.15) is 0 Å². The molecule has 1 fully saturated rings. The van der Waals surface area contributed by atoms with E-state index in [4.69, 9.17) is 4.74 Å². The fraction of sp³-hybridized carbons (Fsp3) is 0.316. The smallest absolute Gasteiger partial charge is 0.254 e. The van der Waals surface area contributed by atoms with Gasteiger partial charge in [0.25, 0.3) is 5.91 Å². The van der Waals surface area contributed by atoms with Gasteiger partial charge in [-0.15, -0.1) is 0 Å². The second kappa shape index (κ2) is 6.92. The van der Waals surface area contributed by atoms with E-state index in [1.807, 2.05) is 17.0 Å². The van der Waals surface area contributed by atoms with Gasteiger partial charge in [0.1, 0.15) is 5.82 Å². The Balaban J connectivity index is 1.89. The number of hydrogen-bond acceptors (Lipinski definition) is 2. The number of amides is 1. The van der Waals surface area contributed by atoms with Crippen LogP contribution in [-0.4, -0.2) is 37.1 Å². The SMILES string of the molecule is COC1CCN(C(=O)c2ccccc2-c2ccccc2F)CC1. The summed E-state index contributed by atoms with van der Waals surface area (Å²) in [5.74, 6) is -0.357. The molecular formula is C19H20FNO2. The standard InChI is InChI=1S/C19H20FNO2/c1-23-14-10-12-21(13-11-14)19(22)17-8-3-2-6-15(17)16-7-4-5-9-18(16)20/h2-9,14H,10-13H2,1H3. The van der Waals surface area contributed by atoms with Crippen molar-refractivity contribution in [3.8, 4) is 11.1 Å². The van der Waals surface area contributed by atoms with Gasteiger partial charge in [-0.05, 0) is 30.5 Å². The Morgan fingerprint density at radius 2 is 1.65 bits per heavy atom. The van der Waals surface area contributed by atoms with E-state index in [1.54, 1.807) is 37.4 Å². The summed E-state index contributed by atoms with van der Waals surface area (Å²) in [4.78, 5) is 14.7. The predicted molar refractivity (Wildman–Crippen MR) is 87.8 cm³/mol. The van der Waals surface area contributed by atoms with Crippen LogP contribution in [0.3, 0.4) is 0 Å². The number of piperidine rings is 1. The molecule has 0 unspecified atom stereocenters. The maximum atomic E-state index is 14.1. The molecule has 1 aliphatic heterocycles. The molecule has 1 aliphatic rings. The third kappa shape index (κ3) is 3.27. The number of likely N-dealkylation sites (tertiary alicyclic amines) is 1. The highest BCUT2D eigenvalue weighted by Crippen LogP contribution is 2.28. The highest BCUT2D eigenvalue weighted by molar-refractivity contribution is 6.01. The van der Waals surface area contributed by atoms with E-state index in [2.05, 4.69) is 0 Å². The van der Waals surface area contributed by atoms with Crippen molar-refractivity contribution in [2.24, 2.45) is 0 Å². The van der Waals surface area contributed by atoms with Gasteiger partial charge >= 0.3 is 0 Å². The minimum Gasteiger partial charge on any atom is -0.381 e. The zero-order valence-electron chi connectivity index (χ0n) is 13.2. The fourth-order valence-electron chi connectivity index (χ4n) is 3.05. The van der Waals surface area contributed by atoms with E-state index in [9.17, 15) is 9.18 Å². The zero-order chi connectivity index (χ0) is 16.2. The van der Waals surface area contributed by atoms with Gasteiger partial charge in [0.15, 0.2) is 0 Å². The quantitative estimate of drug-likeness (QED) is 0.864. The van der Waals surface area contributed by atoms with E-state index >= 15 is 0 Å². The van der Waals surface area contributed by atoms with Crippen molar-refractivity contribution in [3.05, 3.63) is 59.9 Å². The first-order chi connectivity index (χ1) is 11.2. The molecule has 0 saturated carbocycles. The number of rotatable bonds is 3. The molecule has 23 heavy (non-hydrogen) atoms. The number of carbonyl (C=O) groups excluding carboxylic acids is 1. The number of methoxy groups -OCH3 is 1. The molecule has 0 radical (unpaired) electrons. The average molecular weight is 313 g/mol. The summed E-state index contributed by atoms with van der Waals surface area (Å²) in [5.41, 5.74) is 1.65. The Labute approximate surface area is 135 Å². The molecule has 3 nitrogen and oxygen atoms in total. The lowest BCUT2D eigenvalue weighted by Crippen LogP contribution is -2.40. The second-order valence-corrected chi connectivity index (χ2v) is 5.75. The molecule has 0 aromatic heterocycles. The molecule has 1 saturated heterocycles. The normalized spacial score (nSPS) is 15.7. The predicted octanol–water partition coefficient (Wildman–Crippen LogP) is 3.74. The minimum atomic E-state index is -0.314. The van der Waals surface area contributed by atoms with Gasteiger partial charge in [0, 0.05) is 31.3 Å². The maximum Gasteiger partial charge on any atom is 0.254 e. The van der Waals surface area contributed by atoms with E-state index < -0.39 is 0 Å². The van der Waals surface area contributed by atoms with Crippen LogP contribution in [0.1, 0.15) is 23.2 Å². The number of carbonyl (C=O) groups is 1. The Morgan fingerprint density at radius 3 is 2.30 bits per heavy atom. The number of ether oxygens (including phenoxy) is 1. The maximum absolute atomic E-state index is 14.1. The molecule has 120 valence electrons. The Bertz CT molecular complexity index is 693. The van der Waals surface area contributed by atoms with Crippen LogP contribution in [0.15, 0.2) is 48.5 Å². The third-order valence-corrected chi connectivity index (χ3v) is 4.38. The number of hydrogen-bond donors (Lipinski definition) is 0. The number of benzene rings is 2. The molecule has 0 bridgehead atoms. The summed E-state index contributed by atoms with van der Waals surface area (Å²) >= 11 is 0. The Kier molecular flexibility index (Phi) is 4.72. The van der Waals surface area contributed by atoms with E-state index in [0.717, 1.165) is 12.8 Å². The molecule has 0 atom stereocenters. The molecule has 2 aromatic carbocycles. The largest absolute Gasteiger partial charge is 0.381 e. The number of halogens is 1. The second-order valence-electron chi connectivity index (χ2n) is 5.75. The summed E-state index contributed by atoms with van der Waals surface area (Å²) in [6.07, 6.45) is 1.90. The molecule has 1 heterocycles. The summed E-state index contributed by atoms with van der Waals surface area (Å²) in [6, 6.07) is 13.8. The van der Waals surface area contributed by atoms with Crippen molar-refractivity contribution >= 4 is 5.91 Å². The summed E-state index contributed by atoms with van der Waals surface area (Å²) in [7, 11) is 1.70. The van der Waals surface area contributed by atoms with Crippen LogP contribution in [0, 0.1) is 5.82 Å². The number of nitrogens with zero attached hydrogens (tertiary/aromatic N) is 1. The average Bonchev–Trinajstić information content (AvgIpc) is 2.62. The lowest BCUT2D eigenvalue weighted by Gasteiger charge is -2.31. The van der Waals surface area contributed by atoms with Gasteiger partial charge in [-0.1, -0.05) is 36.4 Å². The molecular weight excluding hydrogens is 293 g/mol. The van der Waals surface area contributed by atoms with Crippen molar-refractivity contribution < 1.29 is 13.9 Å². The molecule has 1 amide bonds. The summed E-state index contributed by atoms with van der Waals surface area (Å²) in [5, 5.41) is 0. The first-order valence-corrected chi connectivity index (χ1v) is 7.86. The molecule has 4 heteroatoms. The van der Waals surface area contributed by atoms with Gasteiger partial charge in [0.2, 0.25) is 0 Å². The van der Waals surface area contributed by atoms with Crippen molar-refractivity contribution in [2.75, 3.05) is 20.2 Å². The third-order valence-electron chi connectivity index (χ3n) is 4.38. The highest BCUT2D eigenvalue weighted by atomic mass is 19.1. The van der Waals surface area contributed by atoms with Gasteiger partial charge in [0.05, 0.1) is 6.10 Å². The van der Waals surface area contributed by atoms with Crippen molar-refractivity contribution in [1.82, 2.24) is 4.90 Å². The van der Waals surface area contributed by atoms with Gasteiger partial charge in [-0.25, -0.2) is 4.39 Å². The van der Waals surface area contributed by atoms with E-state index in [1.165, 1.54) is 6.07 Å². The van der Waals surface area contributed by atoms with Crippen LogP contribution in [-0.2, 0) is 4.74 Å². The molecule has 0 N–H and O–H groups in total. The summed E-state index contributed by atoms with van der Waals surface area (Å²) < 4.78 is 19.5. The fourth-order valence-corrected chi connectivity index (χ4v) is 3.05. The van der Waals surface area contributed by atoms with Crippen LogP contribution >= 0.6 is 0 Å². The minimum absolute atomic E-state index is 0.0431. The lowest BCUT2D eigenvalue weighted by molar-refractivity contribution is 0.0351. The van der Waals surface area contributed by atoms with Crippen LogP contribution < -0.4 is 0 Å². The first kappa shape index (κ1) is 15.7. The Morgan fingerprint density at radius 1 is 1.04 bits per heavy atom. The van der Waals surface area contributed by atoms with Gasteiger partial charge < -0.3 is 9.64 Å². The van der Waals surface area contributed by atoms with Crippen LogP contribution in [0.5, 0.6) is 0 Å². The van der Waals surface area contributed by atoms with Crippen molar-refractivity contribution in [3.63, 3.8) is 0 Å². The van der Waals surface area contributed by atoms with E-state index in [0.29, 0.717) is 29.8 Å². The first-order valence-electron chi connectivity index (χ1n) is 7.86. The van der Waals surface area contributed by atoms with E-state index in [-0.39, 0.29) is 17.8 Å². The van der Waals surface area contributed by atoms with Crippen molar-refractivity contribution in [1.29, 1.82) is 0 Å². The molecule has 2 aromatic rings. The van der Waals surface area contributed by atoms with Crippen LogP contribution in [0.4, 0.5) is 4.39 Å².